The maximum absolute atomic E-state index is 14.9. The van der Waals surface area contributed by atoms with Crippen molar-refractivity contribution in [3.05, 3.63) is 64.7 Å². The van der Waals surface area contributed by atoms with Crippen molar-refractivity contribution >= 4 is 22.8 Å². The number of carbonyl (C=O) groups excluding carboxylic acids is 1. The van der Waals surface area contributed by atoms with Gasteiger partial charge in [0.25, 0.3) is 0 Å². The van der Waals surface area contributed by atoms with Crippen LogP contribution in [-0.4, -0.2) is 27.5 Å². The average Bonchev–Trinajstić information content (AvgIpc) is 3.46. The number of aromatic nitrogens is 1. The molecule has 6 nitrogen and oxygen atoms in total. The Hall–Kier alpha value is -3.43. The molecule has 9 heteroatoms. The van der Waals surface area contributed by atoms with E-state index in [0.717, 1.165) is 0 Å². The van der Waals surface area contributed by atoms with Crippen molar-refractivity contribution in [2.75, 3.05) is 6.67 Å². The summed E-state index contributed by atoms with van der Waals surface area (Å²) in [5.41, 5.74) is 11.1. The van der Waals surface area contributed by atoms with E-state index in [2.05, 4.69) is 21.8 Å². The smallest absolute Gasteiger partial charge is 0.218 e. The minimum atomic E-state index is -1.53. The third-order valence-corrected chi connectivity index (χ3v) is 6.86. The van der Waals surface area contributed by atoms with E-state index < -0.39 is 34.6 Å². The summed E-state index contributed by atoms with van der Waals surface area (Å²) >= 11 is 1.20. The number of nitriles is 1. The molecule has 1 aromatic carbocycles. The monoisotopic (exact) mass is 437 g/mol. The Morgan fingerprint density at radius 3 is 2.71 bits per heavy atom. The van der Waals surface area contributed by atoms with Crippen LogP contribution in [0.5, 0.6) is 0 Å². The number of aliphatic imine (C=N–C) groups is 1. The van der Waals surface area contributed by atoms with Crippen LogP contribution in [0.2, 0.25) is 0 Å². The normalized spacial score (nSPS) is 26.0. The lowest BCUT2D eigenvalue weighted by Crippen LogP contribution is -2.41. The molecule has 0 unspecified atom stereocenters. The molecule has 156 valence electrons. The Labute approximate surface area is 181 Å². The van der Waals surface area contributed by atoms with Crippen molar-refractivity contribution in [1.29, 1.82) is 5.26 Å². The molecular formula is C22H17F2N5OS. The number of alkyl halides is 1. The van der Waals surface area contributed by atoms with Crippen molar-refractivity contribution in [3.8, 4) is 17.9 Å². The summed E-state index contributed by atoms with van der Waals surface area (Å²) in [6, 6.07) is 9.33. The lowest BCUT2D eigenvalue weighted by Gasteiger charge is -2.35. The van der Waals surface area contributed by atoms with Crippen LogP contribution in [-0.2, 0) is 10.3 Å². The van der Waals surface area contributed by atoms with Gasteiger partial charge in [-0.3, -0.25) is 4.79 Å². The number of nitrogens with zero attached hydrogens (tertiary/aromatic N) is 3. The van der Waals surface area contributed by atoms with E-state index in [4.69, 9.17) is 16.7 Å². The predicted octanol–water partition coefficient (Wildman–Crippen LogP) is 2.35. The van der Waals surface area contributed by atoms with Gasteiger partial charge in [0.1, 0.15) is 29.8 Å². The van der Waals surface area contributed by atoms with Gasteiger partial charge in [-0.1, -0.05) is 17.7 Å². The van der Waals surface area contributed by atoms with Gasteiger partial charge in [0.15, 0.2) is 5.17 Å². The molecule has 2 aliphatic rings. The fourth-order valence-corrected chi connectivity index (χ4v) is 5.51. The molecule has 0 saturated heterocycles. The minimum Gasteiger partial charge on any atom is -0.378 e. The highest BCUT2D eigenvalue weighted by Crippen LogP contribution is 2.67. The zero-order valence-corrected chi connectivity index (χ0v) is 17.0. The molecule has 4 rings (SSSR count). The van der Waals surface area contributed by atoms with E-state index >= 15 is 0 Å². The van der Waals surface area contributed by atoms with Crippen LogP contribution in [0, 0.1) is 34.9 Å². The number of benzene rings is 1. The molecular weight excluding hydrogens is 420 g/mol. The number of nitrogens with two attached hydrogens (primary N) is 2. The highest BCUT2D eigenvalue weighted by Gasteiger charge is 2.68. The third-order valence-electron chi connectivity index (χ3n) is 5.56. The lowest BCUT2D eigenvalue weighted by atomic mass is 9.83. The van der Waals surface area contributed by atoms with Gasteiger partial charge < -0.3 is 11.5 Å². The second-order valence-corrected chi connectivity index (χ2v) is 9.00. The molecule has 1 aliphatic heterocycles. The van der Waals surface area contributed by atoms with Crippen LogP contribution in [0.15, 0.2) is 41.5 Å². The highest BCUT2D eigenvalue weighted by atomic mass is 32.2. The van der Waals surface area contributed by atoms with E-state index in [-0.39, 0.29) is 17.2 Å². The Kier molecular flexibility index (Phi) is 5.16. The number of carbonyl (C=O) groups is 1. The molecule has 2 aromatic rings. The molecule has 1 amide bonds. The van der Waals surface area contributed by atoms with Gasteiger partial charge in [-0.25, -0.2) is 18.8 Å². The van der Waals surface area contributed by atoms with Gasteiger partial charge >= 0.3 is 0 Å². The molecule has 0 spiro atoms. The van der Waals surface area contributed by atoms with E-state index in [1.165, 1.54) is 36.2 Å². The second-order valence-electron chi connectivity index (χ2n) is 7.56. The first-order valence-electron chi connectivity index (χ1n) is 9.39. The van der Waals surface area contributed by atoms with Crippen LogP contribution in [0.4, 0.5) is 8.78 Å². The second kappa shape index (κ2) is 7.68. The van der Waals surface area contributed by atoms with Crippen LogP contribution in [0.1, 0.15) is 35.2 Å². The summed E-state index contributed by atoms with van der Waals surface area (Å²) in [6.07, 6.45) is 1.88. The number of fused-ring (bicyclic) bond motifs is 1. The molecule has 1 fully saturated rings. The van der Waals surface area contributed by atoms with Gasteiger partial charge in [-0.2, -0.15) is 5.26 Å². The number of amides is 1. The summed E-state index contributed by atoms with van der Waals surface area (Å²) < 4.78 is 28.7. The van der Waals surface area contributed by atoms with E-state index in [9.17, 15) is 13.6 Å². The number of hydrogen-bond donors (Lipinski definition) is 2. The fraction of sp³-hybridized carbons (Fsp3) is 0.273. The first-order chi connectivity index (χ1) is 14.8. The fourth-order valence-electron chi connectivity index (χ4n) is 4.08. The van der Waals surface area contributed by atoms with Crippen molar-refractivity contribution < 1.29 is 13.6 Å². The Bertz CT molecular complexity index is 1200. The SMILES string of the molecule is N#Cc1ccc(C#Cc2ccc(F)c([C@@]3(CF)N=C(N)S[C@@]4(CC(N)=O)C[C@H]43)c2)nc1. The summed E-state index contributed by atoms with van der Waals surface area (Å²) in [6.45, 7) is -0.968. The third kappa shape index (κ3) is 3.73. The number of rotatable bonds is 4. The molecule has 1 saturated carbocycles. The summed E-state index contributed by atoms with van der Waals surface area (Å²) in [5.74, 6) is 4.18. The molecule has 0 radical (unpaired) electrons. The van der Waals surface area contributed by atoms with Crippen molar-refractivity contribution in [2.45, 2.75) is 23.1 Å². The van der Waals surface area contributed by atoms with Crippen LogP contribution < -0.4 is 11.5 Å². The number of pyridine rings is 1. The van der Waals surface area contributed by atoms with Crippen LogP contribution in [0.25, 0.3) is 0 Å². The summed E-state index contributed by atoms with van der Waals surface area (Å²) in [7, 11) is 0. The number of hydrogen-bond acceptors (Lipinski definition) is 6. The van der Waals surface area contributed by atoms with Crippen LogP contribution in [0.3, 0.4) is 0 Å². The molecule has 31 heavy (non-hydrogen) atoms. The maximum atomic E-state index is 14.9. The van der Waals surface area contributed by atoms with Gasteiger partial charge in [-0.15, -0.1) is 0 Å². The molecule has 1 aromatic heterocycles. The number of primary amides is 1. The minimum absolute atomic E-state index is 0.0196. The van der Waals surface area contributed by atoms with E-state index in [1.807, 2.05) is 6.07 Å². The molecule has 2 heterocycles. The molecule has 4 N–H and O–H groups in total. The van der Waals surface area contributed by atoms with Gasteiger partial charge in [0.2, 0.25) is 5.91 Å². The average molecular weight is 437 g/mol. The maximum Gasteiger partial charge on any atom is 0.218 e. The van der Waals surface area contributed by atoms with Gasteiger partial charge in [-0.05, 0) is 42.7 Å². The van der Waals surface area contributed by atoms with Crippen LogP contribution >= 0.6 is 11.8 Å². The number of halogens is 2. The highest BCUT2D eigenvalue weighted by molar-refractivity contribution is 8.15. The molecule has 1 aliphatic carbocycles. The zero-order valence-electron chi connectivity index (χ0n) is 16.2. The van der Waals surface area contributed by atoms with Crippen molar-refractivity contribution in [3.63, 3.8) is 0 Å². The topological polar surface area (TPSA) is 118 Å². The Morgan fingerprint density at radius 2 is 2.06 bits per heavy atom. The zero-order chi connectivity index (χ0) is 22.2. The lowest BCUT2D eigenvalue weighted by molar-refractivity contribution is -0.118. The molecule has 3 atom stereocenters. The predicted molar refractivity (Wildman–Crippen MR) is 113 cm³/mol. The quantitative estimate of drug-likeness (QED) is 0.712. The van der Waals surface area contributed by atoms with Gasteiger partial charge in [0, 0.05) is 34.4 Å². The number of thioether (sulfide) groups is 1. The summed E-state index contributed by atoms with van der Waals surface area (Å²) in [5, 5.41) is 8.94. The van der Waals surface area contributed by atoms with Crippen molar-refractivity contribution in [2.24, 2.45) is 22.4 Å². The first-order valence-corrected chi connectivity index (χ1v) is 10.2. The molecule has 0 bridgehead atoms. The van der Waals surface area contributed by atoms with E-state index in [1.54, 1.807) is 12.1 Å². The first kappa shape index (κ1) is 20.8. The Balaban J connectivity index is 1.72. The van der Waals surface area contributed by atoms with Gasteiger partial charge in [0.05, 0.1) is 5.56 Å². The Morgan fingerprint density at radius 1 is 1.29 bits per heavy atom. The van der Waals surface area contributed by atoms with Crippen molar-refractivity contribution in [1.82, 2.24) is 4.98 Å². The summed E-state index contributed by atoms with van der Waals surface area (Å²) in [4.78, 5) is 19.9. The van der Waals surface area contributed by atoms with E-state index in [0.29, 0.717) is 23.2 Å². The largest absolute Gasteiger partial charge is 0.378 e. The standard InChI is InChI=1S/C22H17F2N5OS/c23-12-22(18-8-21(18,9-19(26)30)31-20(27)29-22)16-7-13(3-6-17(16)24)1-4-15-5-2-14(10-25)11-28-15/h2-3,5-7,11,18H,8-9,12H2,(H2,26,30)(H2,27,29)/t18-,21-,22-/m1/s1. The number of amidine groups is 1.